The summed E-state index contributed by atoms with van der Waals surface area (Å²) in [5.41, 5.74) is 6.49. The maximum Gasteiger partial charge on any atom is 0.319 e. The van der Waals surface area contributed by atoms with E-state index in [0.29, 0.717) is 23.2 Å². The van der Waals surface area contributed by atoms with Crippen molar-refractivity contribution < 1.29 is 4.79 Å². The van der Waals surface area contributed by atoms with Crippen molar-refractivity contribution >= 4 is 23.3 Å². The lowest BCUT2D eigenvalue weighted by atomic mass is 10.2. The number of nitrogens with two attached hydrogens (primary N) is 1. The monoisotopic (exact) mass is 253 g/mol. The SMILES string of the molecule is NC(CNC(=O)Nc1ccccc1Cl)C1CC1. The molecule has 0 saturated heterocycles. The third kappa shape index (κ3) is 3.61. The molecule has 1 saturated carbocycles. The van der Waals surface area contributed by atoms with Crippen LogP contribution in [0.5, 0.6) is 0 Å². The van der Waals surface area contributed by atoms with E-state index < -0.39 is 0 Å². The van der Waals surface area contributed by atoms with Gasteiger partial charge >= 0.3 is 6.03 Å². The zero-order valence-electron chi connectivity index (χ0n) is 9.45. The summed E-state index contributed by atoms with van der Waals surface area (Å²) in [7, 11) is 0. The molecule has 17 heavy (non-hydrogen) atoms. The molecular weight excluding hydrogens is 238 g/mol. The minimum Gasteiger partial charge on any atom is -0.336 e. The minimum atomic E-state index is -0.269. The van der Waals surface area contributed by atoms with Crippen LogP contribution in [-0.2, 0) is 0 Å². The highest BCUT2D eigenvalue weighted by Crippen LogP contribution is 2.31. The van der Waals surface area contributed by atoms with E-state index in [0.717, 1.165) is 0 Å². The van der Waals surface area contributed by atoms with Crippen molar-refractivity contribution in [1.29, 1.82) is 0 Å². The maximum atomic E-state index is 11.6. The Morgan fingerprint density at radius 3 is 2.82 bits per heavy atom. The molecule has 1 aromatic carbocycles. The molecule has 1 fully saturated rings. The second-order valence-electron chi connectivity index (χ2n) is 4.32. The molecule has 1 atom stereocenters. The number of anilines is 1. The van der Waals surface area contributed by atoms with Crippen LogP contribution < -0.4 is 16.4 Å². The third-order valence-electron chi connectivity index (χ3n) is 2.85. The lowest BCUT2D eigenvalue weighted by Crippen LogP contribution is -2.40. The Balaban J connectivity index is 1.78. The maximum absolute atomic E-state index is 11.6. The molecular formula is C12H16ClN3O. The average Bonchev–Trinajstić information content (AvgIpc) is 3.13. The number of amides is 2. The summed E-state index contributed by atoms with van der Waals surface area (Å²) >= 11 is 5.92. The van der Waals surface area contributed by atoms with Crippen molar-refractivity contribution in [1.82, 2.24) is 5.32 Å². The Morgan fingerprint density at radius 2 is 2.18 bits per heavy atom. The number of hydrogen-bond donors (Lipinski definition) is 3. The highest BCUT2D eigenvalue weighted by molar-refractivity contribution is 6.33. The van der Waals surface area contributed by atoms with Gasteiger partial charge in [-0.3, -0.25) is 0 Å². The van der Waals surface area contributed by atoms with Crippen LogP contribution >= 0.6 is 11.6 Å². The van der Waals surface area contributed by atoms with Crippen LogP contribution in [0.3, 0.4) is 0 Å². The van der Waals surface area contributed by atoms with Crippen LogP contribution in [0.15, 0.2) is 24.3 Å². The first-order valence-corrected chi connectivity index (χ1v) is 6.09. The summed E-state index contributed by atoms with van der Waals surface area (Å²) in [6.45, 7) is 0.501. The smallest absolute Gasteiger partial charge is 0.319 e. The van der Waals surface area contributed by atoms with Gasteiger partial charge in [0.2, 0.25) is 0 Å². The lowest BCUT2D eigenvalue weighted by molar-refractivity contribution is 0.251. The molecule has 2 rings (SSSR count). The van der Waals surface area contributed by atoms with Crippen molar-refractivity contribution in [2.45, 2.75) is 18.9 Å². The van der Waals surface area contributed by atoms with E-state index in [4.69, 9.17) is 17.3 Å². The molecule has 4 nitrogen and oxygen atoms in total. The molecule has 4 N–H and O–H groups in total. The van der Waals surface area contributed by atoms with Crippen molar-refractivity contribution in [3.63, 3.8) is 0 Å². The zero-order chi connectivity index (χ0) is 12.3. The molecule has 1 aliphatic rings. The topological polar surface area (TPSA) is 67.1 Å². The second kappa shape index (κ2) is 5.38. The number of hydrogen-bond acceptors (Lipinski definition) is 2. The van der Waals surface area contributed by atoms with Gasteiger partial charge in [-0.05, 0) is 30.9 Å². The molecule has 92 valence electrons. The van der Waals surface area contributed by atoms with Crippen molar-refractivity contribution in [2.75, 3.05) is 11.9 Å². The van der Waals surface area contributed by atoms with Crippen LogP contribution in [0.25, 0.3) is 0 Å². The minimum absolute atomic E-state index is 0.0620. The van der Waals surface area contributed by atoms with Crippen LogP contribution in [0, 0.1) is 5.92 Å². The third-order valence-corrected chi connectivity index (χ3v) is 3.18. The summed E-state index contributed by atoms with van der Waals surface area (Å²) in [6.07, 6.45) is 2.35. The van der Waals surface area contributed by atoms with E-state index in [2.05, 4.69) is 10.6 Å². The molecule has 0 heterocycles. The number of carbonyl (C=O) groups excluding carboxylic acids is 1. The Kier molecular flexibility index (Phi) is 3.86. The van der Waals surface area contributed by atoms with Gasteiger partial charge in [0.15, 0.2) is 0 Å². The van der Waals surface area contributed by atoms with Gasteiger partial charge in [-0.15, -0.1) is 0 Å². The Bertz CT molecular complexity index is 406. The average molecular weight is 254 g/mol. The molecule has 0 spiro atoms. The number of nitrogens with one attached hydrogen (secondary N) is 2. The van der Waals surface area contributed by atoms with E-state index in [-0.39, 0.29) is 12.1 Å². The molecule has 0 bridgehead atoms. The summed E-state index contributed by atoms with van der Waals surface area (Å²) in [5, 5.41) is 5.96. The van der Waals surface area contributed by atoms with E-state index >= 15 is 0 Å². The number of para-hydroxylation sites is 1. The van der Waals surface area contributed by atoms with Crippen molar-refractivity contribution in [3.8, 4) is 0 Å². The molecule has 5 heteroatoms. The Hall–Kier alpha value is -1.26. The first-order valence-electron chi connectivity index (χ1n) is 5.72. The number of rotatable bonds is 4. The zero-order valence-corrected chi connectivity index (χ0v) is 10.2. The van der Waals surface area contributed by atoms with Crippen LogP contribution in [0.2, 0.25) is 5.02 Å². The fraction of sp³-hybridized carbons (Fsp3) is 0.417. The van der Waals surface area contributed by atoms with Gasteiger partial charge in [0, 0.05) is 12.6 Å². The fourth-order valence-corrected chi connectivity index (χ4v) is 1.81. The highest BCUT2D eigenvalue weighted by atomic mass is 35.5. The largest absolute Gasteiger partial charge is 0.336 e. The predicted molar refractivity (Wildman–Crippen MR) is 69.2 cm³/mol. The number of halogens is 1. The Labute approximate surface area is 106 Å². The quantitative estimate of drug-likeness (QED) is 0.770. The first-order chi connectivity index (χ1) is 8.16. The fourth-order valence-electron chi connectivity index (χ4n) is 1.63. The molecule has 1 aromatic rings. The van der Waals surface area contributed by atoms with E-state index in [1.54, 1.807) is 12.1 Å². The molecule has 0 aliphatic heterocycles. The van der Waals surface area contributed by atoms with E-state index in [1.807, 2.05) is 12.1 Å². The number of urea groups is 1. The molecule has 0 radical (unpaired) electrons. The molecule has 0 aromatic heterocycles. The van der Waals surface area contributed by atoms with Gasteiger partial charge < -0.3 is 16.4 Å². The lowest BCUT2D eigenvalue weighted by Gasteiger charge is -2.12. The number of benzene rings is 1. The molecule has 1 aliphatic carbocycles. The van der Waals surface area contributed by atoms with Gasteiger partial charge in [-0.1, -0.05) is 23.7 Å². The van der Waals surface area contributed by atoms with Crippen LogP contribution in [0.1, 0.15) is 12.8 Å². The van der Waals surface area contributed by atoms with Crippen LogP contribution in [-0.4, -0.2) is 18.6 Å². The molecule has 2 amide bonds. The normalized spacial score (nSPS) is 16.4. The Morgan fingerprint density at radius 1 is 1.47 bits per heavy atom. The summed E-state index contributed by atoms with van der Waals surface area (Å²) < 4.78 is 0. The van der Waals surface area contributed by atoms with Gasteiger partial charge in [-0.2, -0.15) is 0 Å². The summed E-state index contributed by atoms with van der Waals surface area (Å²) in [5.74, 6) is 0.579. The standard InChI is InChI=1S/C12H16ClN3O/c13-9-3-1-2-4-11(9)16-12(17)15-7-10(14)8-5-6-8/h1-4,8,10H,5-7,14H2,(H2,15,16,17). The van der Waals surface area contributed by atoms with Crippen molar-refractivity contribution in [3.05, 3.63) is 29.3 Å². The van der Waals surface area contributed by atoms with Gasteiger partial charge in [0.25, 0.3) is 0 Å². The van der Waals surface area contributed by atoms with Gasteiger partial charge in [0.1, 0.15) is 0 Å². The summed E-state index contributed by atoms with van der Waals surface area (Å²) in [6, 6.07) is 6.91. The van der Waals surface area contributed by atoms with Gasteiger partial charge in [-0.25, -0.2) is 4.79 Å². The summed E-state index contributed by atoms with van der Waals surface area (Å²) in [4.78, 5) is 11.6. The van der Waals surface area contributed by atoms with Gasteiger partial charge in [0.05, 0.1) is 10.7 Å². The first kappa shape index (κ1) is 12.2. The predicted octanol–water partition coefficient (Wildman–Crippen LogP) is 2.20. The van der Waals surface area contributed by atoms with E-state index in [9.17, 15) is 4.79 Å². The van der Waals surface area contributed by atoms with E-state index in [1.165, 1.54) is 12.8 Å². The van der Waals surface area contributed by atoms with Crippen molar-refractivity contribution in [2.24, 2.45) is 11.7 Å². The van der Waals surface area contributed by atoms with Crippen LogP contribution in [0.4, 0.5) is 10.5 Å². The number of carbonyl (C=O) groups is 1. The highest BCUT2D eigenvalue weighted by Gasteiger charge is 2.28. The molecule has 1 unspecified atom stereocenters. The second-order valence-corrected chi connectivity index (χ2v) is 4.72.